The lowest BCUT2D eigenvalue weighted by molar-refractivity contribution is -0.0188. The molecular weight excluding hydrogens is 304 g/mol. The van der Waals surface area contributed by atoms with Crippen molar-refractivity contribution in [2.45, 2.75) is 18.5 Å². The van der Waals surface area contributed by atoms with Crippen LogP contribution in [0.3, 0.4) is 0 Å². The topological polar surface area (TPSA) is 106 Å². The normalized spacial score (nSPS) is 25.5. The first-order chi connectivity index (χ1) is 9.87. The minimum atomic E-state index is -4.75. The summed E-state index contributed by atoms with van der Waals surface area (Å²) in [5, 5.41) is 0.664. The van der Waals surface area contributed by atoms with E-state index in [4.69, 9.17) is 14.0 Å². The van der Waals surface area contributed by atoms with Gasteiger partial charge < -0.3 is 14.4 Å². The molecule has 2 rings (SSSR count). The maximum atomic E-state index is 12.2. The number of carbonyl (C=O) groups is 1. The van der Waals surface area contributed by atoms with Crippen LogP contribution < -0.4 is 0 Å². The van der Waals surface area contributed by atoms with Crippen LogP contribution in [0.1, 0.15) is 6.42 Å². The van der Waals surface area contributed by atoms with Gasteiger partial charge in [0.15, 0.2) is 0 Å². The van der Waals surface area contributed by atoms with Gasteiger partial charge in [-0.05, 0) is 12.0 Å². The van der Waals surface area contributed by atoms with Gasteiger partial charge in [0.25, 0.3) is 0 Å². The van der Waals surface area contributed by atoms with E-state index in [0.29, 0.717) is 18.1 Å². The van der Waals surface area contributed by atoms with Crippen molar-refractivity contribution in [1.29, 1.82) is 0 Å². The van der Waals surface area contributed by atoms with Crippen molar-refractivity contribution in [1.82, 2.24) is 9.96 Å². The Morgan fingerprint density at radius 1 is 1.38 bits per heavy atom. The van der Waals surface area contributed by atoms with Gasteiger partial charge in [-0.25, -0.2) is 4.79 Å². The Labute approximate surface area is 123 Å². The summed E-state index contributed by atoms with van der Waals surface area (Å²) in [6.45, 7) is 1.03. The van der Waals surface area contributed by atoms with Crippen molar-refractivity contribution in [3.63, 3.8) is 0 Å². The van der Waals surface area contributed by atoms with Gasteiger partial charge in [0, 0.05) is 27.4 Å². The van der Waals surface area contributed by atoms with Crippen molar-refractivity contribution >= 4 is 16.4 Å². The molecule has 0 radical (unpaired) electrons. The number of hydrogen-bond acceptors (Lipinski definition) is 6. The van der Waals surface area contributed by atoms with Crippen molar-refractivity contribution in [2.24, 2.45) is 0 Å². The zero-order valence-corrected chi connectivity index (χ0v) is 12.6. The Morgan fingerprint density at radius 3 is 2.67 bits per heavy atom. The van der Waals surface area contributed by atoms with Crippen molar-refractivity contribution in [3.8, 4) is 0 Å². The largest absolute Gasteiger partial charge is 0.418 e. The number of amides is 2. The van der Waals surface area contributed by atoms with E-state index < -0.39 is 22.5 Å². The molecule has 2 heterocycles. The summed E-state index contributed by atoms with van der Waals surface area (Å²) in [5.74, 6) is 0. The van der Waals surface area contributed by atoms with E-state index in [1.165, 1.54) is 12.0 Å². The van der Waals surface area contributed by atoms with Crippen LogP contribution in [0.2, 0.25) is 0 Å². The number of rotatable bonds is 7. The molecule has 0 aliphatic carbocycles. The van der Waals surface area contributed by atoms with Gasteiger partial charge in [0.05, 0.1) is 18.7 Å². The maximum absolute atomic E-state index is 12.2. The fourth-order valence-corrected chi connectivity index (χ4v) is 2.95. The molecule has 21 heavy (non-hydrogen) atoms. The third-order valence-electron chi connectivity index (χ3n) is 3.42. The van der Waals surface area contributed by atoms with Gasteiger partial charge in [-0.3, -0.25) is 4.55 Å². The summed E-state index contributed by atoms with van der Waals surface area (Å²) in [4.78, 5) is 13.7. The zero-order valence-electron chi connectivity index (χ0n) is 11.8. The highest BCUT2D eigenvalue weighted by Gasteiger charge is 2.47. The molecule has 0 aromatic carbocycles. The highest BCUT2D eigenvalue weighted by atomic mass is 32.3. The quantitative estimate of drug-likeness (QED) is 0.512. The summed E-state index contributed by atoms with van der Waals surface area (Å²) >= 11 is 0. The molecule has 2 bridgehead atoms. The Hall–Kier alpha value is -1.20. The van der Waals surface area contributed by atoms with E-state index in [1.54, 1.807) is 13.2 Å². The van der Waals surface area contributed by atoms with Crippen LogP contribution in [-0.2, 0) is 24.2 Å². The smallest absolute Gasteiger partial charge is 0.384 e. The van der Waals surface area contributed by atoms with Gasteiger partial charge in [-0.15, -0.1) is 4.28 Å². The van der Waals surface area contributed by atoms with Gasteiger partial charge in [0.2, 0.25) is 0 Å². The first kappa shape index (κ1) is 16.2. The number of nitrogens with zero attached hydrogens (tertiary/aromatic N) is 2. The van der Waals surface area contributed by atoms with E-state index in [-0.39, 0.29) is 19.2 Å². The van der Waals surface area contributed by atoms with E-state index in [0.717, 1.165) is 5.57 Å². The molecule has 0 spiro atoms. The van der Waals surface area contributed by atoms with Crippen LogP contribution in [-0.4, -0.2) is 75.0 Å². The number of carbonyl (C=O) groups excluding carboxylic acids is 1. The van der Waals surface area contributed by atoms with Crippen molar-refractivity contribution in [2.75, 3.05) is 34.0 Å². The molecular formula is C11H18N2O7S. The van der Waals surface area contributed by atoms with Crippen LogP contribution >= 0.6 is 0 Å². The molecule has 10 heteroatoms. The molecule has 2 atom stereocenters. The van der Waals surface area contributed by atoms with E-state index in [1.807, 2.05) is 0 Å². The number of methoxy groups -OCH3 is 2. The Bertz CT molecular complexity index is 533. The molecule has 1 unspecified atom stereocenters. The highest BCUT2D eigenvalue weighted by Crippen LogP contribution is 2.31. The van der Waals surface area contributed by atoms with Crippen LogP contribution in [0.15, 0.2) is 11.6 Å². The second-order valence-electron chi connectivity index (χ2n) is 4.79. The Balaban J connectivity index is 2.24. The predicted molar refractivity (Wildman–Crippen MR) is 70.6 cm³/mol. The number of ether oxygens (including phenoxy) is 2. The van der Waals surface area contributed by atoms with Crippen LogP contribution in [0.4, 0.5) is 4.79 Å². The SMILES string of the molecule is COCCC1=CC2CN(C(=O)N2OS(=O)(=O)O)[C@@H]1COC. The first-order valence-electron chi connectivity index (χ1n) is 6.32. The minimum absolute atomic E-state index is 0.277. The van der Waals surface area contributed by atoms with Gasteiger partial charge in [-0.2, -0.15) is 13.5 Å². The summed E-state index contributed by atoms with van der Waals surface area (Å²) < 4.78 is 45.0. The van der Waals surface area contributed by atoms with Gasteiger partial charge in [0.1, 0.15) is 0 Å². The summed E-state index contributed by atoms with van der Waals surface area (Å²) in [5.41, 5.74) is 0.907. The van der Waals surface area contributed by atoms with E-state index >= 15 is 0 Å². The van der Waals surface area contributed by atoms with Crippen molar-refractivity contribution in [3.05, 3.63) is 11.6 Å². The lowest BCUT2D eigenvalue weighted by Crippen LogP contribution is -2.43. The fraction of sp³-hybridized carbons (Fsp3) is 0.727. The summed E-state index contributed by atoms with van der Waals surface area (Å²) in [6.07, 6.45) is 2.35. The molecule has 0 saturated carbocycles. The standard InChI is InChI=1S/C11H18N2O7S/c1-18-4-3-8-5-9-6-12(10(8)7-19-2)11(14)13(9)20-21(15,16)17/h5,9-10H,3-4,6-7H2,1-2H3,(H,15,16,17)/t9?,10-/m1/s1. The van der Waals surface area contributed by atoms with Crippen molar-refractivity contribution < 1.29 is 31.5 Å². The molecule has 2 amide bonds. The molecule has 120 valence electrons. The molecule has 1 fully saturated rings. The molecule has 1 saturated heterocycles. The number of hydroxylamine groups is 2. The van der Waals surface area contributed by atoms with E-state index in [2.05, 4.69) is 4.28 Å². The maximum Gasteiger partial charge on any atom is 0.418 e. The van der Waals surface area contributed by atoms with Crippen LogP contribution in [0, 0.1) is 0 Å². The van der Waals surface area contributed by atoms with Gasteiger partial charge in [-0.1, -0.05) is 6.08 Å². The predicted octanol–water partition coefficient (Wildman–Crippen LogP) is -0.181. The molecule has 9 nitrogen and oxygen atoms in total. The Kier molecular flexibility index (Phi) is 4.84. The molecule has 0 aromatic rings. The Morgan fingerprint density at radius 2 is 2.10 bits per heavy atom. The third-order valence-corrected chi connectivity index (χ3v) is 3.77. The van der Waals surface area contributed by atoms with Crippen LogP contribution in [0.25, 0.3) is 0 Å². The molecule has 0 aromatic heterocycles. The average Bonchev–Trinajstić information content (AvgIpc) is 2.64. The second kappa shape index (κ2) is 6.28. The molecule has 2 aliphatic heterocycles. The van der Waals surface area contributed by atoms with Crippen LogP contribution in [0.5, 0.6) is 0 Å². The van der Waals surface area contributed by atoms with Gasteiger partial charge >= 0.3 is 16.4 Å². The number of urea groups is 1. The zero-order chi connectivity index (χ0) is 15.6. The molecule has 1 N–H and O–H groups in total. The molecule has 2 aliphatic rings. The summed E-state index contributed by atoms with van der Waals surface area (Å²) in [7, 11) is -1.66. The summed E-state index contributed by atoms with van der Waals surface area (Å²) in [6, 6.07) is -1.49. The number of fused-ring (bicyclic) bond motifs is 2. The first-order valence-corrected chi connectivity index (χ1v) is 7.69. The fourth-order valence-electron chi connectivity index (χ4n) is 2.57. The lowest BCUT2D eigenvalue weighted by Gasteiger charge is -2.31. The lowest BCUT2D eigenvalue weighted by atomic mass is 9.97. The third kappa shape index (κ3) is 3.52. The number of hydrogen-bond donors (Lipinski definition) is 1. The highest BCUT2D eigenvalue weighted by molar-refractivity contribution is 7.80. The second-order valence-corrected chi connectivity index (χ2v) is 5.79. The monoisotopic (exact) mass is 322 g/mol. The van der Waals surface area contributed by atoms with E-state index in [9.17, 15) is 13.2 Å². The average molecular weight is 322 g/mol. The minimum Gasteiger partial charge on any atom is -0.384 e.